The highest BCUT2D eigenvalue weighted by atomic mass is 15.3. The van der Waals surface area contributed by atoms with Gasteiger partial charge in [-0.05, 0) is 18.2 Å². The Morgan fingerprint density at radius 1 is 1.07 bits per heavy atom. The maximum Gasteiger partial charge on any atom is 0.186 e. The van der Waals surface area contributed by atoms with Crippen LogP contribution < -0.4 is 0 Å². The lowest BCUT2D eigenvalue weighted by Gasteiger charge is -2.00. The Bertz CT molecular complexity index is 587. The van der Waals surface area contributed by atoms with Gasteiger partial charge in [0.2, 0.25) is 0 Å². The third kappa shape index (κ3) is 1.25. The first-order valence-corrected chi connectivity index (χ1v) is 4.51. The second-order valence-electron chi connectivity index (χ2n) is 3.06. The topological polar surface area (TPSA) is 56.0 Å². The summed E-state index contributed by atoms with van der Waals surface area (Å²) in [5.41, 5.74) is 2.53. The smallest absolute Gasteiger partial charge is 0.186 e. The molecule has 3 aromatic heterocycles. The van der Waals surface area contributed by atoms with Crippen LogP contribution in [-0.2, 0) is 0 Å². The third-order valence-corrected chi connectivity index (χ3v) is 2.14. The van der Waals surface area contributed by atoms with Crippen molar-refractivity contribution >= 4 is 5.65 Å². The van der Waals surface area contributed by atoms with Crippen LogP contribution in [0.3, 0.4) is 0 Å². The number of nitrogens with zero attached hydrogens (tertiary/aromatic N) is 5. The molecule has 0 aliphatic carbocycles. The molecule has 0 fully saturated rings. The van der Waals surface area contributed by atoms with Crippen LogP contribution in [0.5, 0.6) is 0 Å². The van der Waals surface area contributed by atoms with E-state index in [1.165, 1.54) is 0 Å². The summed E-state index contributed by atoms with van der Waals surface area (Å²) >= 11 is 0. The van der Waals surface area contributed by atoms with Crippen LogP contribution >= 0.6 is 0 Å². The van der Waals surface area contributed by atoms with Crippen molar-refractivity contribution in [1.29, 1.82) is 0 Å². The molecule has 0 amide bonds. The predicted octanol–water partition coefficient (Wildman–Crippen LogP) is 1.19. The fraction of sp³-hybridized carbons (Fsp3) is 0. The van der Waals surface area contributed by atoms with Gasteiger partial charge in [0.1, 0.15) is 6.33 Å². The fourth-order valence-corrected chi connectivity index (χ4v) is 1.47. The predicted molar refractivity (Wildman–Crippen MR) is 54.0 cm³/mol. The highest BCUT2D eigenvalue weighted by Gasteiger charge is 2.06. The van der Waals surface area contributed by atoms with Gasteiger partial charge in [-0.2, -0.15) is 9.61 Å². The minimum Gasteiger partial charge on any atom is -0.256 e. The second kappa shape index (κ2) is 3.13. The Kier molecular flexibility index (Phi) is 1.68. The molecule has 0 aromatic carbocycles. The van der Waals surface area contributed by atoms with E-state index >= 15 is 0 Å². The highest BCUT2D eigenvalue weighted by molar-refractivity contribution is 5.73. The SMILES string of the molecule is c1ccc(-c2ccnn3cnnc23)nc1. The van der Waals surface area contributed by atoms with E-state index in [1.807, 2.05) is 24.3 Å². The van der Waals surface area contributed by atoms with Crippen LogP contribution in [0.2, 0.25) is 0 Å². The molecule has 15 heavy (non-hydrogen) atoms. The van der Waals surface area contributed by atoms with Crippen molar-refractivity contribution in [1.82, 2.24) is 24.8 Å². The van der Waals surface area contributed by atoms with E-state index in [-0.39, 0.29) is 0 Å². The van der Waals surface area contributed by atoms with Crippen molar-refractivity contribution in [2.75, 3.05) is 0 Å². The number of pyridine rings is 1. The van der Waals surface area contributed by atoms with Gasteiger partial charge < -0.3 is 0 Å². The Morgan fingerprint density at radius 3 is 2.93 bits per heavy atom. The summed E-state index contributed by atoms with van der Waals surface area (Å²) in [5.74, 6) is 0. The molecule has 0 unspecified atom stereocenters. The average molecular weight is 197 g/mol. The Morgan fingerprint density at radius 2 is 2.07 bits per heavy atom. The van der Waals surface area contributed by atoms with Crippen molar-refractivity contribution in [2.45, 2.75) is 0 Å². The summed E-state index contributed by atoms with van der Waals surface area (Å²) < 4.78 is 1.63. The van der Waals surface area contributed by atoms with Gasteiger partial charge in [0.15, 0.2) is 5.65 Å². The second-order valence-corrected chi connectivity index (χ2v) is 3.06. The molecule has 0 aliphatic rings. The maximum atomic E-state index is 4.27. The van der Waals surface area contributed by atoms with Crippen LogP contribution in [0, 0.1) is 0 Å². The van der Waals surface area contributed by atoms with Gasteiger partial charge in [-0.3, -0.25) is 4.98 Å². The van der Waals surface area contributed by atoms with Crippen LogP contribution in [0.1, 0.15) is 0 Å². The lowest BCUT2D eigenvalue weighted by atomic mass is 10.2. The summed E-state index contributed by atoms with van der Waals surface area (Å²) in [5, 5.41) is 11.9. The van der Waals surface area contributed by atoms with E-state index in [1.54, 1.807) is 23.2 Å². The van der Waals surface area contributed by atoms with Crippen molar-refractivity contribution in [3.8, 4) is 11.3 Å². The molecule has 0 radical (unpaired) electrons. The lowest BCUT2D eigenvalue weighted by Crippen LogP contribution is -1.92. The summed E-state index contributed by atoms with van der Waals surface area (Å²) in [7, 11) is 0. The number of fused-ring (bicyclic) bond motifs is 1. The van der Waals surface area contributed by atoms with Crippen molar-refractivity contribution in [3.05, 3.63) is 43.0 Å². The Hall–Kier alpha value is -2.30. The summed E-state index contributed by atoms with van der Waals surface area (Å²) in [6.45, 7) is 0. The van der Waals surface area contributed by atoms with Gasteiger partial charge in [0.05, 0.1) is 5.69 Å². The first kappa shape index (κ1) is 8.05. The maximum absolute atomic E-state index is 4.27. The van der Waals surface area contributed by atoms with Crippen LogP contribution in [0.15, 0.2) is 43.0 Å². The standard InChI is InChI=1S/C10H7N5/c1-2-5-11-9(3-1)8-4-6-13-15-7-12-14-10(8)15/h1-7H. The van der Waals surface area contributed by atoms with Gasteiger partial charge >= 0.3 is 0 Å². The quantitative estimate of drug-likeness (QED) is 0.588. The van der Waals surface area contributed by atoms with Gasteiger partial charge in [-0.25, -0.2) is 0 Å². The molecule has 72 valence electrons. The minimum absolute atomic E-state index is 0.719. The first-order valence-electron chi connectivity index (χ1n) is 4.51. The Balaban J connectivity index is 2.31. The van der Waals surface area contributed by atoms with E-state index in [4.69, 9.17) is 0 Å². The normalized spacial score (nSPS) is 10.7. The number of aromatic nitrogens is 5. The highest BCUT2D eigenvalue weighted by Crippen LogP contribution is 2.18. The molecular formula is C10H7N5. The van der Waals surface area contributed by atoms with Gasteiger partial charge in [0.25, 0.3) is 0 Å². The molecule has 0 saturated carbocycles. The third-order valence-electron chi connectivity index (χ3n) is 2.14. The molecule has 0 spiro atoms. The molecule has 0 atom stereocenters. The summed E-state index contributed by atoms with van der Waals surface area (Å²) in [4.78, 5) is 4.27. The van der Waals surface area contributed by atoms with Crippen LogP contribution in [0.25, 0.3) is 16.9 Å². The molecule has 5 heteroatoms. The summed E-state index contributed by atoms with van der Waals surface area (Å²) in [6, 6.07) is 7.64. The molecule has 3 aromatic rings. The minimum atomic E-state index is 0.719. The Labute approximate surface area is 85.4 Å². The fourth-order valence-electron chi connectivity index (χ4n) is 1.47. The van der Waals surface area contributed by atoms with Crippen molar-refractivity contribution < 1.29 is 0 Å². The van der Waals surface area contributed by atoms with Crippen LogP contribution in [0.4, 0.5) is 0 Å². The first-order chi connectivity index (χ1) is 7.45. The molecule has 0 saturated heterocycles. The van der Waals surface area contributed by atoms with Crippen molar-refractivity contribution in [3.63, 3.8) is 0 Å². The largest absolute Gasteiger partial charge is 0.256 e. The molecular weight excluding hydrogens is 190 g/mol. The van der Waals surface area contributed by atoms with Gasteiger partial charge in [-0.1, -0.05) is 6.07 Å². The number of hydrogen-bond acceptors (Lipinski definition) is 4. The van der Waals surface area contributed by atoms with Gasteiger partial charge in [0, 0.05) is 18.0 Å². The van der Waals surface area contributed by atoms with E-state index in [2.05, 4.69) is 20.3 Å². The van der Waals surface area contributed by atoms with E-state index in [0.717, 1.165) is 16.9 Å². The molecule has 0 bridgehead atoms. The molecule has 5 nitrogen and oxygen atoms in total. The zero-order valence-electron chi connectivity index (χ0n) is 7.78. The molecule has 0 N–H and O–H groups in total. The summed E-state index contributed by atoms with van der Waals surface area (Å²) in [6.07, 6.45) is 5.03. The van der Waals surface area contributed by atoms with Gasteiger partial charge in [-0.15, -0.1) is 10.2 Å². The van der Waals surface area contributed by atoms with E-state index < -0.39 is 0 Å². The number of hydrogen-bond donors (Lipinski definition) is 0. The average Bonchev–Trinajstić information content (AvgIpc) is 2.78. The monoisotopic (exact) mass is 197 g/mol. The molecule has 3 rings (SSSR count). The zero-order chi connectivity index (χ0) is 10.1. The zero-order valence-corrected chi connectivity index (χ0v) is 7.78. The van der Waals surface area contributed by atoms with Crippen LogP contribution in [-0.4, -0.2) is 24.8 Å². The molecule has 3 heterocycles. The van der Waals surface area contributed by atoms with E-state index in [0.29, 0.717) is 0 Å². The van der Waals surface area contributed by atoms with E-state index in [9.17, 15) is 0 Å². The number of rotatable bonds is 1. The lowest BCUT2D eigenvalue weighted by molar-refractivity contribution is 0.926. The van der Waals surface area contributed by atoms with Crippen molar-refractivity contribution in [2.24, 2.45) is 0 Å². The molecule has 0 aliphatic heterocycles.